The second-order valence-electron chi connectivity index (χ2n) is 10.0. The van der Waals surface area contributed by atoms with Crippen LogP contribution in [0.5, 0.6) is 11.5 Å². The first-order valence-electron chi connectivity index (χ1n) is 11.5. The first-order valence-corrected chi connectivity index (χ1v) is 13.4. The summed E-state index contributed by atoms with van der Waals surface area (Å²) in [5.41, 5.74) is -1.59. The van der Waals surface area contributed by atoms with E-state index >= 15 is 0 Å². The third kappa shape index (κ3) is 4.43. The van der Waals surface area contributed by atoms with Crippen LogP contribution in [0.4, 0.5) is 18.9 Å². The molecule has 13 nitrogen and oxygen atoms in total. The van der Waals surface area contributed by atoms with Crippen molar-refractivity contribution >= 4 is 33.2 Å². The number of rotatable bonds is 5. The first kappa shape index (κ1) is 29.2. The number of alkyl halides is 3. The number of Topliss-reactive ketones (excluding diaryl/α,β-unsaturated/α-hetero) is 2. The third-order valence-electron chi connectivity index (χ3n) is 7.20. The number of benzene rings is 1. The van der Waals surface area contributed by atoms with Crippen molar-refractivity contribution in [1.82, 2.24) is 4.90 Å². The van der Waals surface area contributed by atoms with Crippen LogP contribution in [0.15, 0.2) is 28.7 Å². The molecular formula is C23H24F3N3O10S. The van der Waals surface area contributed by atoms with Gasteiger partial charge in [0.15, 0.2) is 17.1 Å². The molecule has 1 aromatic rings. The normalized spacial score (nSPS) is 26.9. The molecule has 1 aromatic carbocycles. The van der Waals surface area contributed by atoms with Gasteiger partial charge in [0.2, 0.25) is 15.8 Å². The van der Waals surface area contributed by atoms with Crippen molar-refractivity contribution in [3.05, 3.63) is 39.9 Å². The van der Waals surface area contributed by atoms with Crippen LogP contribution in [0, 0.1) is 11.8 Å². The van der Waals surface area contributed by atoms with E-state index in [1.807, 2.05) is 0 Å². The van der Waals surface area contributed by atoms with Gasteiger partial charge in [-0.3, -0.25) is 24.0 Å². The van der Waals surface area contributed by atoms with E-state index in [9.17, 15) is 56.4 Å². The van der Waals surface area contributed by atoms with E-state index in [2.05, 4.69) is 4.74 Å². The number of anilines is 1. The number of carbonyl (C=O) groups excluding carboxylic acids is 3. The fraction of sp³-hybridized carbons (Fsp3) is 0.435. The highest BCUT2D eigenvalue weighted by Crippen LogP contribution is 2.54. The topological polar surface area (TPSA) is 217 Å². The fourth-order valence-corrected chi connectivity index (χ4v) is 6.33. The molecule has 7 N–H and O–H groups in total. The first-order chi connectivity index (χ1) is 18.2. The number of amides is 1. The molecule has 17 heteroatoms. The van der Waals surface area contributed by atoms with E-state index in [1.54, 1.807) is 4.72 Å². The van der Waals surface area contributed by atoms with Gasteiger partial charge in [-0.15, -0.1) is 13.2 Å². The number of carbonyl (C=O) groups is 3. The second-order valence-corrected chi connectivity index (χ2v) is 11.8. The summed E-state index contributed by atoms with van der Waals surface area (Å²) in [5, 5.41) is 44.3. The van der Waals surface area contributed by atoms with E-state index in [0.717, 1.165) is 0 Å². The molecular weight excluding hydrogens is 567 g/mol. The Kier molecular flexibility index (Phi) is 6.63. The Balaban J connectivity index is 1.99. The summed E-state index contributed by atoms with van der Waals surface area (Å²) < 4.78 is 69.1. The maximum Gasteiger partial charge on any atom is 0.573 e. The molecule has 0 saturated carbocycles. The molecule has 0 aliphatic heterocycles. The minimum atomic E-state index is -5.30. The standard InChI is InChI=1S/C23H24F3N3O10S/c1-29(2)15-9-5-7-4-8-11(39-23(24,25)26)6-10(28-40(3,37)38)16(30)13(8)17(31)12(7)19(33)22(9,36)20(34)14(18(15)32)21(27)35/h6-7,9,15,28,30,32-33,36H,4-5H2,1-3H3,(H2,27,35)/t7-,9-,15-,22-/m0/s1. The number of hydrogen-bond donors (Lipinski definition) is 6. The highest BCUT2D eigenvalue weighted by molar-refractivity contribution is 7.92. The number of aliphatic hydroxyl groups excluding tert-OH is 2. The SMILES string of the molecule is CN(C)[C@@H]1C(O)=C(C(N)=O)C(=O)[C@@]2(O)C(O)=C3C(=O)c4c(O)c(NS(C)(=O)=O)cc(OC(F)(F)F)c4C[C@H]3C[C@@H]12. The van der Waals surface area contributed by atoms with E-state index in [-0.39, 0.29) is 6.42 Å². The van der Waals surface area contributed by atoms with E-state index in [4.69, 9.17) is 5.73 Å². The molecule has 4 rings (SSSR count). The molecule has 0 heterocycles. The van der Waals surface area contributed by atoms with Crippen molar-refractivity contribution in [2.75, 3.05) is 25.1 Å². The summed E-state index contributed by atoms with van der Waals surface area (Å²) in [4.78, 5) is 40.3. The maximum atomic E-state index is 13.7. The molecule has 0 unspecified atom stereocenters. The number of nitrogens with zero attached hydrogens (tertiary/aromatic N) is 1. The van der Waals surface area contributed by atoms with Crippen LogP contribution in [-0.2, 0) is 26.0 Å². The quantitative estimate of drug-likeness (QED) is 0.203. The average molecular weight is 592 g/mol. The zero-order valence-corrected chi connectivity index (χ0v) is 21.8. The van der Waals surface area contributed by atoms with Crippen LogP contribution in [-0.4, -0.2) is 89.6 Å². The number of halogens is 3. The summed E-state index contributed by atoms with van der Waals surface area (Å²) in [5.74, 6) is -11.0. The van der Waals surface area contributed by atoms with Crippen LogP contribution in [0.25, 0.3) is 0 Å². The largest absolute Gasteiger partial charge is 0.573 e. The Morgan fingerprint density at radius 3 is 2.33 bits per heavy atom. The molecule has 0 spiro atoms. The predicted octanol–water partition coefficient (Wildman–Crippen LogP) is 0.391. The lowest BCUT2D eigenvalue weighted by Crippen LogP contribution is -2.63. The Bertz CT molecular complexity index is 1530. The number of allylic oxidation sites excluding steroid dienone is 1. The number of hydrogen-bond acceptors (Lipinski definition) is 11. The maximum absolute atomic E-state index is 13.7. The summed E-state index contributed by atoms with van der Waals surface area (Å²) in [7, 11) is -1.36. The highest BCUT2D eigenvalue weighted by Gasteiger charge is 2.63. The van der Waals surface area contributed by atoms with Gasteiger partial charge in [-0.05, 0) is 32.9 Å². The number of nitrogens with two attached hydrogens (primary N) is 1. The highest BCUT2D eigenvalue weighted by atomic mass is 32.2. The van der Waals surface area contributed by atoms with Crippen LogP contribution >= 0.6 is 0 Å². The molecule has 3 aliphatic carbocycles. The number of aromatic hydroxyl groups is 1. The lowest BCUT2D eigenvalue weighted by molar-refractivity contribution is -0.275. The van der Waals surface area contributed by atoms with Gasteiger partial charge in [0.1, 0.15) is 22.8 Å². The molecule has 0 radical (unpaired) electrons. The van der Waals surface area contributed by atoms with E-state index in [0.29, 0.717) is 12.3 Å². The van der Waals surface area contributed by atoms with Crippen molar-refractivity contribution in [2.45, 2.75) is 30.8 Å². The van der Waals surface area contributed by atoms with E-state index < -0.39 is 115 Å². The number of nitrogens with one attached hydrogen (secondary N) is 1. The Morgan fingerprint density at radius 2 is 1.82 bits per heavy atom. The number of aliphatic hydroxyl groups is 3. The summed E-state index contributed by atoms with van der Waals surface area (Å²) in [6.45, 7) is 0. The number of phenolic OH excluding ortho intramolecular Hbond substituents is 1. The minimum absolute atomic E-state index is 0.374. The number of likely N-dealkylation sites (N-methyl/N-ethyl adjacent to an activating group) is 1. The van der Waals surface area contributed by atoms with Crippen LogP contribution in [0.3, 0.4) is 0 Å². The number of primary amides is 1. The lowest BCUT2D eigenvalue weighted by atomic mass is 9.58. The number of ether oxygens (including phenoxy) is 1. The number of ketones is 2. The Hall–Kier alpha value is -3.83. The summed E-state index contributed by atoms with van der Waals surface area (Å²) in [6, 6.07) is -0.754. The number of fused-ring (bicyclic) bond motifs is 3. The monoisotopic (exact) mass is 591 g/mol. The van der Waals surface area contributed by atoms with Crippen LogP contribution in [0.2, 0.25) is 0 Å². The molecule has 40 heavy (non-hydrogen) atoms. The number of sulfonamides is 1. The minimum Gasteiger partial charge on any atom is -0.510 e. The zero-order valence-electron chi connectivity index (χ0n) is 21.0. The molecule has 0 fully saturated rings. The van der Waals surface area contributed by atoms with Crippen molar-refractivity contribution in [3.63, 3.8) is 0 Å². The fourth-order valence-electron chi connectivity index (χ4n) is 5.78. The zero-order chi connectivity index (χ0) is 30.3. The van der Waals surface area contributed by atoms with Crippen LogP contribution < -0.4 is 15.2 Å². The van der Waals surface area contributed by atoms with Crippen molar-refractivity contribution in [2.24, 2.45) is 17.6 Å². The van der Waals surface area contributed by atoms with Crippen LogP contribution in [0.1, 0.15) is 22.3 Å². The summed E-state index contributed by atoms with van der Waals surface area (Å²) >= 11 is 0. The van der Waals surface area contributed by atoms with Gasteiger partial charge in [0.25, 0.3) is 5.91 Å². The molecule has 0 saturated heterocycles. The summed E-state index contributed by atoms with van der Waals surface area (Å²) in [6.07, 6.45) is -5.54. The third-order valence-corrected chi connectivity index (χ3v) is 7.79. The molecule has 1 amide bonds. The van der Waals surface area contributed by atoms with Crippen molar-refractivity contribution in [1.29, 1.82) is 0 Å². The Labute approximate surface area is 224 Å². The second kappa shape index (κ2) is 9.10. The molecule has 3 aliphatic rings. The molecule has 0 bridgehead atoms. The van der Waals surface area contributed by atoms with Gasteiger partial charge in [-0.2, -0.15) is 0 Å². The average Bonchev–Trinajstić information content (AvgIpc) is 2.77. The van der Waals surface area contributed by atoms with Gasteiger partial charge in [0, 0.05) is 23.1 Å². The van der Waals surface area contributed by atoms with E-state index in [1.165, 1.54) is 19.0 Å². The van der Waals surface area contributed by atoms with Gasteiger partial charge >= 0.3 is 6.36 Å². The molecule has 4 atom stereocenters. The van der Waals surface area contributed by atoms with Gasteiger partial charge in [-0.25, -0.2) is 8.42 Å². The molecule has 218 valence electrons. The Morgan fingerprint density at radius 1 is 1.23 bits per heavy atom. The van der Waals surface area contributed by atoms with Gasteiger partial charge in [0.05, 0.1) is 23.5 Å². The van der Waals surface area contributed by atoms with Crippen molar-refractivity contribution in [3.8, 4) is 11.5 Å². The van der Waals surface area contributed by atoms with Crippen molar-refractivity contribution < 1.29 is 61.1 Å². The molecule has 0 aromatic heterocycles. The van der Waals surface area contributed by atoms with Gasteiger partial charge in [-0.1, -0.05) is 0 Å². The lowest BCUT2D eigenvalue weighted by Gasteiger charge is -2.50. The predicted molar refractivity (Wildman–Crippen MR) is 129 cm³/mol. The smallest absolute Gasteiger partial charge is 0.510 e. The van der Waals surface area contributed by atoms with Gasteiger partial charge < -0.3 is 30.9 Å². The number of phenols is 1.